The maximum atomic E-state index is 13.6. The lowest BCUT2D eigenvalue weighted by molar-refractivity contribution is -0.127. The van der Waals surface area contributed by atoms with Gasteiger partial charge in [-0.3, -0.25) is 10.2 Å². The molecule has 0 unspecified atom stereocenters. The quantitative estimate of drug-likeness (QED) is 0.749. The van der Waals surface area contributed by atoms with E-state index in [0.29, 0.717) is 5.75 Å². The van der Waals surface area contributed by atoms with Crippen LogP contribution in [0.15, 0.2) is 41.3 Å². The van der Waals surface area contributed by atoms with Gasteiger partial charge in [-0.05, 0) is 50.1 Å². The Morgan fingerprint density at radius 3 is 2.27 bits per heavy atom. The summed E-state index contributed by atoms with van der Waals surface area (Å²) in [5, 5.41) is 0. The summed E-state index contributed by atoms with van der Waals surface area (Å²) >= 11 is 0. The van der Waals surface area contributed by atoms with Gasteiger partial charge in [0.1, 0.15) is 17.4 Å². The Balaban J connectivity index is 2.07. The van der Waals surface area contributed by atoms with E-state index in [1.165, 1.54) is 6.92 Å². The zero-order valence-corrected chi connectivity index (χ0v) is 15.2. The Hall–Kier alpha value is -2.52. The number of carbonyl (C=O) groups is 1. The maximum Gasteiger partial charge on any atom is 0.275 e. The molecule has 0 spiro atoms. The van der Waals surface area contributed by atoms with E-state index in [2.05, 4.69) is 0 Å². The molecule has 0 heterocycles. The van der Waals surface area contributed by atoms with Crippen molar-refractivity contribution in [1.82, 2.24) is 10.3 Å². The summed E-state index contributed by atoms with van der Waals surface area (Å²) in [6.45, 7) is 5.11. The van der Waals surface area contributed by atoms with E-state index in [0.717, 1.165) is 29.3 Å². The van der Waals surface area contributed by atoms with Crippen LogP contribution in [0.3, 0.4) is 0 Å². The molecule has 0 aliphatic carbocycles. The molecule has 2 rings (SSSR count). The first kappa shape index (κ1) is 19.8. The van der Waals surface area contributed by atoms with Crippen LogP contribution in [0.4, 0.5) is 8.78 Å². The van der Waals surface area contributed by atoms with Gasteiger partial charge in [0.25, 0.3) is 15.9 Å². The predicted molar refractivity (Wildman–Crippen MR) is 90.8 cm³/mol. The number of aryl methyl sites for hydroxylation is 1. The van der Waals surface area contributed by atoms with Crippen LogP contribution in [0.2, 0.25) is 0 Å². The summed E-state index contributed by atoms with van der Waals surface area (Å²) in [4.78, 5) is 12.5. The first-order valence-electron chi connectivity index (χ1n) is 7.62. The number of hydrazine groups is 1. The number of benzene rings is 2. The van der Waals surface area contributed by atoms with Crippen LogP contribution in [0, 0.1) is 25.5 Å². The lowest BCUT2D eigenvalue weighted by Crippen LogP contribution is -2.47. The van der Waals surface area contributed by atoms with Gasteiger partial charge in [-0.15, -0.1) is 4.83 Å². The molecule has 2 N–H and O–H groups in total. The molecule has 2 aromatic rings. The molecule has 6 nitrogen and oxygen atoms in total. The highest BCUT2D eigenvalue weighted by Gasteiger charge is 2.25. The highest BCUT2D eigenvalue weighted by Crippen LogP contribution is 2.22. The number of hydrogen-bond acceptors (Lipinski definition) is 4. The van der Waals surface area contributed by atoms with Gasteiger partial charge in [0, 0.05) is 0 Å². The normalized spacial score (nSPS) is 12.5. The minimum atomic E-state index is -4.63. The fraction of sp³-hybridized carbons (Fsp3) is 0.235. The van der Waals surface area contributed by atoms with Gasteiger partial charge in [0.2, 0.25) is 0 Å². The number of sulfonamides is 1. The standard InChI is InChI=1S/C17H18F2N2O4S/c1-10-6-4-9-15(11(10)2)25-12(3)17(22)20-21-26(23,24)16-13(18)7-5-8-14(16)19/h4-9,12,21H,1-3H3,(H,20,22)/t12-/m1/s1. The van der Waals surface area contributed by atoms with E-state index >= 15 is 0 Å². The first-order valence-corrected chi connectivity index (χ1v) is 9.10. The van der Waals surface area contributed by atoms with Gasteiger partial charge in [0.05, 0.1) is 0 Å². The van der Waals surface area contributed by atoms with Crippen molar-refractivity contribution in [3.05, 3.63) is 59.2 Å². The maximum absolute atomic E-state index is 13.6. The van der Waals surface area contributed by atoms with Crippen molar-refractivity contribution in [2.75, 3.05) is 0 Å². The molecule has 26 heavy (non-hydrogen) atoms. The minimum Gasteiger partial charge on any atom is -0.481 e. The smallest absolute Gasteiger partial charge is 0.275 e. The summed E-state index contributed by atoms with van der Waals surface area (Å²) in [7, 11) is -4.63. The van der Waals surface area contributed by atoms with Crippen LogP contribution in [0.5, 0.6) is 5.75 Å². The van der Waals surface area contributed by atoms with Crippen molar-refractivity contribution in [3.8, 4) is 5.75 Å². The zero-order valence-electron chi connectivity index (χ0n) is 14.3. The average Bonchev–Trinajstić information content (AvgIpc) is 2.56. The molecule has 1 amide bonds. The molecule has 0 radical (unpaired) electrons. The first-order chi connectivity index (χ1) is 12.1. The number of carbonyl (C=O) groups excluding carboxylic acids is 1. The van der Waals surface area contributed by atoms with Gasteiger partial charge in [-0.2, -0.15) is 0 Å². The Morgan fingerprint density at radius 2 is 1.65 bits per heavy atom. The van der Waals surface area contributed by atoms with E-state index in [4.69, 9.17) is 4.74 Å². The van der Waals surface area contributed by atoms with Crippen molar-refractivity contribution in [2.45, 2.75) is 31.8 Å². The summed E-state index contributed by atoms with van der Waals surface area (Å²) in [6.07, 6.45) is -1.05. The highest BCUT2D eigenvalue weighted by molar-refractivity contribution is 7.89. The third-order valence-electron chi connectivity index (χ3n) is 3.72. The Bertz CT molecular complexity index is 912. The van der Waals surface area contributed by atoms with Crippen molar-refractivity contribution in [1.29, 1.82) is 0 Å². The Morgan fingerprint density at radius 1 is 1.08 bits per heavy atom. The van der Waals surface area contributed by atoms with Crippen LogP contribution in [0.1, 0.15) is 18.1 Å². The van der Waals surface area contributed by atoms with Gasteiger partial charge in [-0.25, -0.2) is 17.2 Å². The molecule has 2 aromatic carbocycles. The zero-order chi connectivity index (χ0) is 19.5. The van der Waals surface area contributed by atoms with Crippen LogP contribution < -0.4 is 15.0 Å². The Kier molecular flexibility index (Phi) is 5.94. The van der Waals surface area contributed by atoms with E-state index in [1.54, 1.807) is 17.0 Å². The van der Waals surface area contributed by atoms with Crippen LogP contribution in [-0.2, 0) is 14.8 Å². The summed E-state index contributed by atoms with van der Waals surface area (Å²) < 4.78 is 56.7. The third-order valence-corrected chi connectivity index (χ3v) is 5.02. The third kappa shape index (κ3) is 4.36. The fourth-order valence-corrected chi connectivity index (χ4v) is 3.09. The van der Waals surface area contributed by atoms with Crippen LogP contribution >= 0.6 is 0 Å². The molecule has 0 saturated heterocycles. The summed E-state index contributed by atoms with van der Waals surface area (Å²) in [5.41, 5.74) is 3.69. The molecule has 0 aliphatic rings. The Labute approximate surface area is 150 Å². The molecular weight excluding hydrogens is 366 g/mol. The molecule has 1 atom stereocenters. The molecule has 9 heteroatoms. The van der Waals surface area contributed by atoms with Gasteiger partial charge >= 0.3 is 0 Å². The minimum absolute atomic E-state index is 0.468. The van der Waals surface area contributed by atoms with Crippen LogP contribution in [0.25, 0.3) is 0 Å². The molecule has 0 saturated carbocycles. The molecule has 0 fully saturated rings. The topological polar surface area (TPSA) is 84.5 Å². The number of hydrogen-bond donors (Lipinski definition) is 2. The molecule has 140 valence electrons. The van der Waals surface area contributed by atoms with Gasteiger partial charge in [-0.1, -0.05) is 18.2 Å². The van der Waals surface area contributed by atoms with E-state index in [-0.39, 0.29) is 0 Å². The monoisotopic (exact) mass is 384 g/mol. The number of ether oxygens (including phenoxy) is 1. The van der Waals surface area contributed by atoms with Crippen molar-refractivity contribution in [2.24, 2.45) is 0 Å². The van der Waals surface area contributed by atoms with E-state index in [9.17, 15) is 22.0 Å². The fourth-order valence-electron chi connectivity index (χ4n) is 2.11. The van der Waals surface area contributed by atoms with E-state index < -0.39 is 38.6 Å². The van der Waals surface area contributed by atoms with Gasteiger partial charge < -0.3 is 4.74 Å². The highest BCUT2D eigenvalue weighted by atomic mass is 32.2. The molecule has 0 aromatic heterocycles. The lowest BCUT2D eigenvalue weighted by atomic mass is 10.1. The summed E-state index contributed by atoms with van der Waals surface area (Å²) in [5.74, 6) is -2.90. The average molecular weight is 384 g/mol. The van der Waals surface area contributed by atoms with Gasteiger partial charge in [0.15, 0.2) is 11.0 Å². The number of nitrogens with one attached hydrogen (secondary N) is 2. The second-order valence-electron chi connectivity index (χ2n) is 5.60. The number of rotatable bonds is 6. The molecule has 0 aliphatic heterocycles. The SMILES string of the molecule is Cc1cccc(O[C@H](C)C(=O)NNS(=O)(=O)c2c(F)cccc2F)c1C. The van der Waals surface area contributed by atoms with Crippen LogP contribution in [-0.4, -0.2) is 20.4 Å². The number of amides is 1. The van der Waals surface area contributed by atoms with Crippen molar-refractivity contribution < 1.29 is 26.7 Å². The van der Waals surface area contributed by atoms with E-state index in [1.807, 2.05) is 25.3 Å². The molecular formula is C17H18F2N2O4S. The lowest BCUT2D eigenvalue weighted by Gasteiger charge is -2.17. The predicted octanol–water partition coefficient (Wildman–Crippen LogP) is 2.36. The second-order valence-corrected chi connectivity index (χ2v) is 7.22. The largest absolute Gasteiger partial charge is 0.481 e. The van der Waals surface area contributed by atoms with Crippen molar-refractivity contribution >= 4 is 15.9 Å². The summed E-state index contributed by atoms with van der Waals surface area (Å²) in [6, 6.07) is 7.93. The molecule has 0 bridgehead atoms. The second kappa shape index (κ2) is 7.79. The number of halogens is 2. The van der Waals surface area contributed by atoms with Crippen molar-refractivity contribution in [3.63, 3.8) is 0 Å².